The fraction of sp³-hybridized carbons (Fsp3) is 0.933. The molecular weight excluding hydrogens is 270 g/mol. The van der Waals surface area contributed by atoms with Crippen LogP contribution in [0.25, 0.3) is 0 Å². The lowest BCUT2D eigenvalue weighted by Gasteiger charge is -2.42. The Morgan fingerprint density at radius 1 is 1.10 bits per heavy atom. The van der Waals surface area contributed by atoms with Crippen molar-refractivity contribution < 1.29 is 14.3 Å². The minimum Gasteiger partial charge on any atom is -0.384 e. The number of rotatable bonds is 6. The lowest BCUT2D eigenvalue weighted by atomic mass is 9.78. The standard InChI is InChI=1S/C15H29N3O3/c1-20-12-11-17-7-9-18(10-8-17)14(19)15(13-21-2)3-5-16-6-4-15/h16H,3-13H2,1-2H3. The molecule has 0 radical (unpaired) electrons. The summed E-state index contributed by atoms with van der Waals surface area (Å²) in [6.07, 6.45) is 1.76. The third-order valence-electron chi connectivity index (χ3n) is 4.71. The van der Waals surface area contributed by atoms with Crippen molar-refractivity contribution in [3.05, 3.63) is 0 Å². The number of hydrogen-bond donors (Lipinski definition) is 1. The summed E-state index contributed by atoms with van der Waals surface area (Å²) in [5.41, 5.74) is -0.311. The van der Waals surface area contributed by atoms with Gasteiger partial charge in [0.15, 0.2) is 0 Å². The zero-order valence-electron chi connectivity index (χ0n) is 13.4. The predicted octanol–water partition coefficient (Wildman–Crippen LogP) is -0.207. The molecule has 2 rings (SSSR count). The normalized spacial score (nSPS) is 23.2. The minimum atomic E-state index is -0.311. The fourth-order valence-corrected chi connectivity index (χ4v) is 3.33. The maximum Gasteiger partial charge on any atom is 0.231 e. The number of nitrogens with one attached hydrogen (secondary N) is 1. The molecule has 0 bridgehead atoms. The number of hydrogen-bond acceptors (Lipinski definition) is 5. The van der Waals surface area contributed by atoms with Gasteiger partial charge in [0.1, 0.15) is 0 Å². The van der Waals surface area contributed by atoms with E-state index in [0.717, 1.165) is 65.3 Å². The highest BCUT2D eigenvalue weighted by Gasteiger charge is 2.42. The second-order valence-corrected chi connectivity index (χ2v) is 6.09. The Morgan fingerprint density at radius 3 is 2.33 bits per heavy atom. The van der Waals surface area contributed by atoms with Crippen LogP contribution in [0.4, 0.5) is 0 Å². The highest BCUT2D eigenvalue weighted by molar-refractivity contribution is 5.83. The zero-order chi connectivity index (χ0) is 15.1. The van der Waals surface area contributed by atoms with E-state index >= 15 is 0 Å². The van der Waals surface area contributed by atoms with Gasteiger partial charge < -0.3 is 19.7 Å². The van der Waals surface area contributed by atoms with Gasteiger partial charge in [-0.15, -0.1) is 0 Å². The Labute approximate surface area is 127 Å². The molecule has 6 heteroatoms. The van der Waals surface area contributed by atoms with Gasteiger partial charge in [0.2, 0.25) is 5.91 Å². The summed E-state index contributed by atoms with van der Waals surface area (Å²) in [7, 11) is 3.42. The van der Waals surface area contributed by atoms with Gasteiger partial charge in [0.05, 0.1) is 18.6 Å². The lowest BCUT2D eigenvalue weighted by Crippen LogP contribution is -2.56. The van der Waals surface area contributed by atoms with Crippen molar-refractivity contribution in [2.75, 3.05) is 73.2 Å². The summed E-state index contributed by atoms with van der Waals surface area (Å²) in [5.74, 6) is 0.289. The van der Waals surface area contributed by atoms with Crippen molar-refractivity contribution >= 4 is 5.91 Å². The molecule has 122 valence electrons. The van der Waals surface area contributed by atoms with Gasteiger partial charge in [0, 0.05) is 46.9 Å². The number of carbonyl (C=O) groups excluding carboxylic acids is 1. The van der Waals surface area contributed by atoms with E-state index in [1.54, 1.807) is 14.2 Å². The number of methoxy groups -OCH3 is 2. The molecule has 0 unspecified atom stereocenters. The molecule has 1 N–H and O–H groups in total. The van der Waals surface area contributed by atoms with Crippen LogP contribution in [0.15, 0.2) is 0 Å². The van der Waals surface area contributed by atoms with Crippen LogP contribution in [0.2, 0.25) is 0 Å². The van der Waals surface area contributed by atoms with Crippen molar-refractivity contribution in [1.82, 2.24) is 15.1 Å². The zero-order valence-corrected chi connectivity index (χ0v) is 13.4. The van der Waals surface area contributed by atoms with Crippen molar-refractivity contribution in [2.45, 2.75) is 12.8 Å². The lowest BCUT2D eigenvalue weighted by molar-refractivity contribution is -0.149. The molecule has 2 aliphatic rings. The van der Waals surface area contributed by atoms with Gasteiger partial charge in [-0.2, -0.15) is 0 Å². The Bertz CT molecular complexity index is 319. The SMILES string of the molecule is COCCN1CCN(C(=O)C2(COC)CCNCC2)CC1. The minimum absolute atomic E-state index is 0.289. The maximum absolute atomic E-state index is 13.0. The number of piperazine rings is 1. The summed E-state index contributed by atoms with van der Waals surface area (Å²) in [4.78, 5) is 17.4. The van der Waals surface area contributed by atoms with Crippen LogP contribution in [-0.4, -0.2) is 89.0 Å². The summed E-state index contributed by atoms with van der Waals surface area (Å²) >= 11 is 0. The van der Waals surface area contributed by atoms with Gasteiger partial charge >= 0.3 is 0 Å². The predicted molar refractivity (Wildman–Crippen MR) is 81.3 cm³/mol. The monoisotopic (exact) mass is 299 g/mol. The van der Waals surface area contributed by atoms with E-state index in [2.05, 4.69) is 10.2 Å². The van der Waals surface area contributed by atoms with E-state index < -0.39 is 0 Å². The van der Waals surface area contributed by atoms with Crippen molar-refractivity contribution in [3.63, 3.8) is 0 Å². The first-order valence-corrected chi connectivity index (χ1v) is 7.92. The molecule has 0 aromatic carbocycles. The van der Waals surface area contributed by atoms with Crippen molar-refractivity contribution in [1.29, 1.82) is 0 Å². The van der Waals surface area contributed by atoms with E-state index in [9.17, 15) is 4.79 Å². The van der Waals surface area contributed by atoms with E-state index in [4.69, 9.17) is 9.47 Å². The molecule has 2 aliphatic heterocycles. The molecule has 0 saturated carbocycles. The molecule has 6 nitrogen and oxygen atoms in total. The van der Waals surface area contributed by atoms with Gasteiger partial charge in [-0.05, 0) is 25.9 Å². The largest absolute Gasteiger partial charge is 0.384 e. The van der Waals surface area contributed by atoms with Gasteiger partial charge in [-0.25, -0.2) is 0 Å². The number of amides is 1. The molecule has 0 aromatic rings. The first-order valence-electron chi connectivity index (χ1n) is 7.92. The molecule has 0 atom stereocenters. The second kappa shape index (κ2) is 8.08. The smallest absolute Gasteiger partial charge is 0.231 e. The van der Waals surface area contributed by atoms with Crippen LogP contribution in [0.5, 0.6) is 0 Å². The summed E-state index contributed by atoms with van der Waals surface area (Å²) in [6.45, 7) is 7.58. The van der Waals surface area contributed by atoms with Crippen LogP contribution in [0.1, 0.15) is 12.8 Å². The Balaban J connectivity index is 1.90. The van der Waals surface area contributed by atoms with Crippen molar-refractivity contribution in [2.24, 2.45) is 5.41 Å². The average molecular weight is 299 g/mol. The van der Waals surface area contributed by atoms with Crippen LogP contribution < -0.4 is 5.32 Å². The molecule has 0 aromatic heterocycles. The Morgan fingerprint density at radius 2 is 1.76 bits per heavy atom. The third-order valence-corrected chi connectivity index (χ3v) is 4.71. The molecule has 1 amide bonds. The Hall–Kier alpha value is -0.690. The molecule has 21 heavy (non-hydrogen) atoms. The molecule has 2 fully saturated rings. The van der Waals surface area contributed by atoms with Gasteiger partial charge in [0.25, 0.3) is 0 Å². The molecule has 0 spiro atoms. The number of piperidine rings is 1. The molecule has 2 saturated heterocycles. The first-order chi connectivity index (χ1) is 10.2. The fourth-order valence-electron chi connectivity index (χ4n) is 3.33. The second-order valence-electron chi connectivity index (χ2n) is 6.09. The van der Waals surface area contributed by atoms with Crippen LogP contribution in [0, 0.1) is 5.41 Å². The molecule has 0 aliphatic carbocycles. The van der Waals surface area contributed by atoms with E-state index in [1.807, 2.05) is 4.90 Å². The summed E-state index contributed by atoms with van der Waals surface area (Å²) < 4.78 is 10.5. The van der Waals surface area contributed by atoms with Gasteiger partial charge in [-0.1, -0.05) is 0 Å². The maximum atomic E-state index is 13.0. The van der Waals surface area contributed by atoms with E-state index in [-0.39, 0.29) is 11.3 Å². The third kappa shape index (κ3) is 4.16. The van der Waals surface area contributed by atoms with Crippen LogP contribution in [0.3, 0.4) is 0 Å². The van der Waals surface area contributed by atoms with E-state index in [0.29, 0.717) is 6.61 Å². The summed E-state index contributed by atoms with van der Waals surface area (Å²) in [6, 6.07) is 0. The quantitative estimate of drug-likeness (QED) is 0.736. The molecular formula is C15H29N3O3. The topological polar surface area (TPSA) is 54.0 Å². The van der Waals surface area contributed by atoms with Crippen LogP contribution >= 0.6 is 0 Å². The number of ether oxygens (including phenoxy) is 2. The molecule has 2 heterocycles. The number of nitrogens with zero attached hydrogens (tertiary/aromatic N) is 2. The summed E-state index contributed by atoms with van der Waals surface area (Å²) in [5, 5.41) is 3.34. The van der Waals surface area contributed by atoms with Crippen LogP contribution in [-0.2, 0) is 14.3 Å². The van der Waals surface area contributed by atoms with E-state index in [1.165, 1.54) is 0 Å². The highest BCUT2D eigenvalue weighted by Crippen LogP contribution is 2.32. The van der Waals surface area contributed by atoms with Gasteiger partial charge in [-0.3, -0.25) is 9.69 Å². The van der Waals surface area contributed by atoms with Crippen molar-refractivity contribution in [3.8, 4) is 0 Å². The first kappa shape index (κ1) is 16.7. The highest BCUT2D eigenvalue weighted by atomic mass is 16.5. The average Bonchev–Trinajstić information content (AvgIpc) is 2.54. The number of carbonyl (C=O) groups is 1. The Kier molecular flexibility index (Phi) is 6.41.